The number of aliphatic hydroxyl groups is 1. The number of carbonyl (C=O) groups is 2. The van der Waals surface area contributed by atoms with Gasteiger partial charge >= 0.3 is 12.4 Å². The van der Waals surface area contributed by atoms with Crippen molar-refractivity contribution < 1.29 is 55.0 Å². The van der Waals surface area contributed by atoms with Gasteiger partial charge in [-0.25, -0.2) is 4.39 Å². The van der Waals surface area contributed by atoms with Crippen LogP contribution in [-0.2, 0) is 15.8 Å². The van der Waals surface area contributed by atoms with Gasteiger partial charge in [0, 0.05) is 35.5 Å². The normalized spacial score (nSPS) is 31.1. The van der Waals surface area contributed by atoms with Crippen molar-refractivity contribution in [1.29, 1.82) is 0 Å². The smallest absolute Gasteiger partial charge is 0.419 e. The third-order valence-electron chi connectivity index (χ3n) is 11.3. The fourth-order valence-electron chi connectivity index (χ4n) is 8.87. The molecule has 8 nitrogen and oxygen atoms in total. The molecule has 2 aromatic rings. The summed E-state index contributed by atoms with van der Waals surface area (Å²) in [5, 5.41) is 19.9. The van der Waals surface area contributed by atoms with E-state index in [2.05, 4.69) is 21.9 Å². The van der Waals surface area contributed by atoms with E-state index in [0.717, 1.165) is 37.3 Å². The van der Waals surface area contributed by atoms with Crippen LogP contribution in [0.2, 0.25) is 0 Å². The molecule has 5 aliphatic rings. The number of allylic oxidation sites excluding steroid dienone is 1. The maximum absolute atomic E-state index is 14.1. The lowest BCUT2D eigenvalue weighted by Gasteiger charge is -2.30. The van der Waals surface area contributed by atoms with Crippen LogP contribution in [0.15, 0.2) is 53.2 Å². The minimum absolute atomic E-state index is 0.0156. The number of rotatable bonds is 7. The van der Waals surface area contributed by atoms with Crippen LogP contribution in [-0.4, -0.2) is 53.7 Å². The third kappa shape index (κ3) is 6.35. The van der Waals surface area contributed by atoms with Crippen molar-refractivity contribution in [3.8, 4) is 5.75 Å². The Bertz CT molecular complexity index is 1790. The zero-order chi connectivity index (χ0) is 36.5. The Labute approximate surface area is 288 Å². The molecule has 4 fully saturated rings. The van der Waals surface area contributed by atoms with Crippen LogP contribution in [0.3, 0.4) is 0 Å². The molecule has 3 N–H and O–H groups in total. The number of halogens is 7. The fraction of sp³-hybridized carbons (Fsp3) is 0.528. The third-order valence-corrected chi connectivity index (χ3v) is 11.3. The maximum atomic E-state index is 14.1. The molecule has 7 atom stereocenters. The Morgan fingerprint density at radius 1 is 0.980 bits per heavy atom. The minimum atomic E-state index is -4.98. The number of methoxy groups -OCH3 is 1. The predicted octanol–water partition coefficient (Wildman–Crippen LogP) is 7.17. The average molecular weight is 724 g/mol. The number of benzene rings is 2. The lowest BCUT2D eigenvalue weighted by Crippen LogP contribution is -2.48. The quantitative estimate of drug-likeness (QED) is 0.208. The molecule has 0 radical (unpaired) electrons. The molecular formula is C36H36F7N3O5. The summed E-state index contributed by atoms with van der Waals surface area (Å²) in [6, 6.07) is 5.88. The van der Waals surface area contributed by atoms with Gasteiger partial charge in [-0.2, -0.15) is 26.3 Å². The van der Waals surface area contributed by atoms with Gasteiger partial charge in [0.1, 0.15) is 17.7 Å². The van der Waals surface area contributed by atoms with Crippen molar-refractivity contribution in [2.75, 3.05) is 12.4 Å². The van der Waals surface area contributed by atoms with Crippen LogP contribution in [0.25, 0.3) is 0 Å². The average Bonchev–Trinajstić information content (AvgIpc) is 3.90. The van der Waals surface area contributed by atoms with Gasteiger partial charge in [0.25, 0.3) is 5.91 Å². The molecule has 4 aliphatic carbocycles. The van der Waals surface area contributed by atoms with E-state index in [1.165, 1.54) is 25.3 Å². The standard InChI is InChI=1S/C36H36F7N3O5/c1-50-27-11-6-18(30-24-15-34(49,36(41,42)43)16-28(24)51-46-30)13-23(27)32(47)45-31-21-9-8-20(22(21)12-17-4-2-3-5-17)29(31)33(48)44-19-7-10-26(37)25(14-19)35(38,39)40/h6-7,10-14,17,20-21,24,28-29,31,49H,2-5,8-9,15-16H2,1H3,(H,44,48)(H,45,47)/b22-12-/t20-,21+,24?,28?,29-,31+,34?/m0/s1. The SMILES string of the molecule is COc1ccc(C2=NOC3CC(O)(C(F)(F)F)CC23)cc1C(=O)N[C@H]1[C@@H](C(=O)Nc2ccc(F)c(C(F)(F)F)c2)[C@H]2CC[C@@H]1/C2=C\C1CCCC1. The molecule has 0 spiro atoms. The Morgan fingerprint density at radius 2 is 1.71 bits per heavy atom. The Kier molecular flexibility index (Phi) is 8.86. The summed E-state index contributed by atoms with van der Waals surface area (Å²) >= 11 is 0. The molecule has 0 aromatic heterocycles. The molecule has 15 heteroatoms. The molecule has 0 saturated heterocycles. The molecule has 3 unspecified atom stereocenters. The van der Waals surface area contributed by atoms with Crippen LogP contribution in [0.5, 0.6) is 5.75 Å². The molecule has 1 heterocycles. The maximum Gasteiger partial charge on any atom is 0.419 e. The van der Waals surface area contributed by atoms with Gasteiger partial charge in [0.2, 0.25) is 5.91 Å². The van der Waals surface area contributed by atoms with E-state index in [1.54, 1.807) is 0 Å². The number of alkyl halides is 6. The van der Waals surface area contributed by atoms with E-state index in [0.29, 0.717) is 36.5 Å². The van der Waals surface area contributed by atoms with Gasteiger partial charge in [-0.1, -0.05) is 29.6 Å². The highest BCUT2D eigenvalue weighted by molar-refractivity contribution is 6.06. The first kappa shape index (κ1) is 35.3. The number of ether oxygens (including phenoxy) is 1. The Morgan fingerprint density at radius 3 is 2.39 bits per heavy atom. The zero-order valence-electron chi connectivity index (χ0n) is 27.4. The van der Waals surface area contributed by atoms with E-state index in [9.17, 15) is 45.4 Å². The summed E-state index contributed by atoms with van der Waals surface area (Å²) in [6.45, 7) is 0. The second-order valence-corrected chi connectivity index (χ2v) is 14.3. The van der Waals surface area contributed by atoms with Crippen molar-refractivity contribution >= 4 is 23.2 Å². The Hall–Kier alpha value is -4.14. The zero-order valence-corrected chi connectivity index (χ0v) is 27.4. The van der Waals surface area contributed by atoms with Crippen LogP contribution < -0.4 is 15.4 Å². The number of hydrogen-bond acceptors (Lipinski definition) is 6. The topological polar surface area (TPSA) is 109 Å². The molecule has 2 amide bonds. The first-order valence-electron chi connectivity index (χ1n) is 17.0. The summed E-state index contributed by atoms with van der Waals surface area (Å²) in [4.78, 5) is 33.3. The van der Waals surface area contributed by atoms with Crippen molar-refractivity contribution in [2.45, 2.75) is 81.5 Å². The highest BCUT2D eigenvalue weighted by atomic mass is 19.4. The van der Waals surface area contributed by atoms with E-state index < -0.39 is 78.0 Å². The minimum Gasteiger partial charge on any atom is -0.496 e. The van der Waals surface area contributed by atoms with Gasteiger partial charge < -0.3 is 25.3 Å². The second-order valence-electron chi connectivity index (χ2n) is 14.3. The molecule has 4 saturated carbocycles. The highest BCUT2D eigenvalue weighted by Crippen LogP contribution is 2.54. The monoisotopic (exact) mass is 723 g/mol. The lowest BCUT2D eigenvalue weighted by molar-refractivity contribution is -0.260. The number of nitrogens with zero attached hydrogens (tertiary/aromatic N) is 1. The van der Waals surface area contributed by atoms with E-state index in [-0.39, 0.29) is 34.5 Å². The highest BCUT2D eigenvalue weighted by Gasteiger charge is 2.63. The summed E-state index contributed by atoms with van der Waals surface area (Å²) in [6.07, 6.45) is -4.57. The number of hydrogen-bond donors (Lipinski definition) is 3. The molecule has 1 aliphatic heterocycles. The van der Waals surface area contributed by atoms with Crippen molar-refractivity contribution in [2.24, 2.45) is 34.7 Å². The fourth-order valence-corrected chi connectivity index (χ4v) is 8.87. The van der Waals surface area contributed by atoms with Crippen molar-refractivity contribution in [3.05, 3.63) is 70.6 Å². The molecule has 274 valence electrons. The molecule has 7 rings (SSSR count). The van der Waals surface area contributed by atoms with Crippen LogP contribution >= 0.6 is 0 Å². The number of oxime groups is 1. The number of anilines is 1. The lowest BCUT2D eigenvalue weighted by atomic mass is 9.83. The van der Waals surface area contributed by atoms with Crippen molar-refractivity contribution in [3.63, 3.8) is 0 Å². The number of amides is 2. The van der Waals surface area contributed by atoms with Crippen LogP contribution in [0, 0.1) is 35.4 Å². The van der Waals surface area contributed by atoms with Crippen molar-refractivity contribution in [1.82, 2.24) is 5.32 Å². The second kappa shape index (κ2) is 12.8. The van der Waals surface area contributed by atoms with Gasteiger partial charge in [-0.3, -0.25) is 9.59 Å². The van der Waals surface area contributed by atoms with Gasteiger partial charge in [0.15, 0.2) is 5.60 Å². The molecule has 51 heavy (non-hydrogen) atoms. The number of fused-ring (bicyclic) bond motifs is 3. The van der Waals surface area contributed by atoms with Gasteiger partial charge in [0.05, 0.1) is 29.9 Å². The first-order chi connectivity index (χ1) is 24.1. The molecule has 2 bridgehead atoms. The summed E-state index contributed by atoms with van der Waals surface area (Å²) in [7, 11) is 1.34. The largest absolute Gasteiger partial charge is 0.496 e. The summed E-state index contributed by atoms with van der Waals surface area (Å²) in [5.41, 5.74) is -3.21. The van der Waals surface area contributed by atoms with Crippen LogP contribution in [0.4, 0.5) is 36.4 Å². The van der Waals surface area contributed by atoms with E-state index >= 15 is 0 Å². The predicted molar refractivity (Wildman–Crippen MR) is 169 cm³/mol. The van der Waals surface area contributed by atoms with E-state index in [1.807, 2.05) is 0 Å². The first-order valence-corrected chi connectivity index (χ1v) is 17.0. The summed E-state index contributed by atoms with van der Waals surface area (Å²) < 4.78 is 101. The van der Waals surface area contributed by atoms with Crippen LogP contribution in [0.1, 0.15) is 72.9 Å². The molecular weight excluding hydrogens is 687 g/mol. The summed E-state index contributed by atoms with van der Waals surface area (Å²) in [5.74, 6) is -4.53. The number of carbonyl (C=O) groups excluding carboxylic acids is 2. The number of nitrogens with one attached hydrogen (secondary N) is 2. The van der Waals surface area contributed by atoms with E-state index in [4.69, 9.17) is 9.57 Å². The van der Waals surface area contributed by atoms with Gasteiger partial charge in [-0.15, -0.1) is 0 Å². The molecule has 2 aromatic carbocycles. The Balaban J connectivity index is 1.17. The van der Waals surface area contributed by atoms with Gasteiger partial charge in [-0.05, 0) is 80.3 Å².